The molecule has 1 aromatic heterocycles. The standard InChI is InChI=1S/C24H20F3N2O/c1-2-6-15-11-12-17-21(13-15)29(20-10-5-8-18(22(17)20)23(28)30)14-16-7-3-4-9-19(16)24(25,26)27/h3-5,7-11,13H,2,6,14H2,1H3,(H2,28,30). The highest BCUT2D eigenvalue weighted by Gasteiger charge is 2.33. The molecule has 4 aromatic rings. The van der Waals surface area contributed by atoms with Crippen LogP contribution in [0.3, 0.4) is 0 Å². The minimum absolute atomic E-state index is 0.0152. The highest BCUT2D eigenvalue weighted by Crippen LogP contribution is 2.36. The van der Waals surface area contributed by atoms with Crippen LogP contribution in [0.2, 0.25) is 0 Å². The van der Waals surface area contributed by atoms with E-state index in [0.717, 1.165) is 30.0 Å². The molecule has 3 aromatic carbocycles. The van der Waals surface area contributed by atoms with Crippen LogP contribution in [-0.4, -0.2) is 10.5 Å². The molecule has 30 heavy (non-hydrogen) atoms. The number of primary amides is 1. The second kappa shape index (κ2) is 7.52. The highest BCUT2D eigenvalue weighted by molar-refractivity contribution is 6.17. The normalized spacial score (nSPS) is 12.0. The molecule has 0 aliphatic carbocycles. The number of nitrogens with two attached hydrogens (primary N) is 1. The van der Waals surface area contributed by atoms with Crippen LogP contribution < -0.4 is 5.73 Å². The Hall–Kier alpha value is -3.28. The Morgan fingerprint density at radius 3 is 2.57 bits per heavy atom. The van der Waals surface area contributed by atoms with Crippen LogP contribution in [0.25, 0.3) is 21.8 Å². The zero-order valence-electron chi connectivity index (χ0n) is 16.4. The van der Waals surface area contributed by atoms with Gasteiger partial charge in [-0.15, -0.1) is 0 Å². The lowest BCUT2D eigenvalue weighted by molar-refractivity contribution is -0.138. The third kappa shape index (κ3) is 3.43. The fourth-order valence-corrected chi connectivity index (χ4v) is 4.01. The van der Waals surface area contributed by atoms with E-state index in [1.807, 2.05) is 16.7 Å². The SMILES string of the molecule is CCCc1c[c]c2c3c(C(N)=O)cccc3n(Cc3ccccc3C(F)(F)F)c2c1. The van der Waals surface area contributed by atoms with E-state index in [2.05, 4.69) is 13.0 Å². The summed E-state index contributed by atoms with van der Waals surface area (Å²) in [6, 6.07) is 17.8. The van der Waals surface area contributed by atoms with Crippen LogP contribution in [-0.2, 0) is 19.1 Å². The molecule has 1 heterocycles. The first-order chi connectivity index (χ1) is 14.3. The second-order valence-electron chi connectivity index (χ2n) is 7.32. The van der Waals surface area contributed by atoms with Crippen molar-refractivity contribution in [1.82, 2.24) is 4.57 Å². The molecular weight excluding hydrogens is 389 g/mol. The number of hydrogen-bond donors (Lipinski definition) is 1. The van der Waals surface area contributed by atoms with Crippen molar-refractivity contribution in [3.8, 4) is 0 Å². The van der Waals surface area contributed by atoms with Gasteiger partial charge in [-0.25, -0.2) is 0 Å². The van der Waals surface area contributed by atoms with Gasteiger partial charge in [0.2, 0.25) is 5.91 Å². The molecule has 0 spiro atoms. The van der Waals surface area contributed by atoms with Gasteiger partial charge in [0, 0.05) is 22.9 Å². The number of benzene rings is 3. The fraction of sp³-hybridized carbons (Fsp3) is 0.208. The average molecular weight is 409 g/mol. The van der Waals surface area contributed by atoms with Crippen LogP contribution in [0.4, 0.5) is 13.2 Å². The van der Waals surface area contributed by atoms with E-state index in [1.165, 1.54) is 12.1 Å². The summed E-state index contributed by atoms with van der Waals surface area (Å²) >= 11 is 0. The largest absolute Gasteiger partial charge is 0.416 e. The number of nitrogens with zero attached hydrogens (tertiary/aromatic N) is 1. The maximum absolute atomic E-state index is 13.6. The number of fused-ring (bicyclic) bond motifs is 3. The topological polar surface area (TPSA) is 48.0 Å². The molecular formula is C24H20F3N2O. The summed E-state index contributed by atoms with van der Waals surface area (Å²) in [5.74, 6) is -0.582. The van der Waals surface area contributed by atoms with Gasteiger partial charge >= 0.3 is 6.18 Å². The maximum atomic E-state index is 13.6. The number of carbonyl (C=O) groups is 1. The summed E-state index contributed by atoms with van der Waals surface area (Å²) in [6.07, 6.45) is -2.69. The molecule has 4 rings (SSSR count). The molecule has 6 heteroatoms. The average Bonchev–Trinajstić information content (AvgIpc) is 3.01. The first kappa shape index (κ1) is 20.0. The van der Waals surface area contributed by atoms with Crippen molar-refractivity contribution in [3.63, 3.8) is 0 Å². The molecule has 0 saturated carbocycles. The Kier molecular flexibility index (Phi) is 5.02. The van der Waals surface area contributed by atoms with Gasteiger partial charge in [0.1, 0.15) is 0 Å². The van der Waals surface area contributed by atoms with E-state index in [1.54, 1.807) is 24.3 Å². The van der Waals surface area contributed by atoms with Gasteiger partial charge in [0.15, 0.2) is 0 Å². The van der Waals surface area contributed by atoms with Gasteiger partial charge in [0.25, 0.3) is 0 Å². The smallest absolute Gasteiger partial charge is 0.366 e. The van der Waals surface area contributed by atoms with Crippen molar-refractivity contribution in [1.29, 1.82) is 0 Å². The van der Waals surface area contributed by atoms with Crippen LogP contribution in [0.15, 0.2) is 54.6 Å². The first-order valence-corrected chi connectivity index (χ1v) is 9.71. The van der Waals surface area contributed by atoms with Gasteiger partial charge in [-0.1, -0.05) is 43.7 Å². The van der Waals surface area contributed by atoms with Crippen molar-refractivity contribution in [2.75, 3.05) is 0 Å². The number of amides is 1. The molecule has 153 valence electrons. The van der Waals surface area contributed by atoms with Crippen molar-refractivity contribution in [2.24, 2.45) is 5.73 Å². The Bertz CT molecular complexity index is 1250. The Morgan fingerprint density at radius 1 is 1.10 bits per heavy atom. The van der Waals surface area contributed by atoms with Crippen LogP contribution in [0.1, 0.15) is 40.4 Å². The van der Waals surface area contributed by atoms with E-state index in [-0.39, 0.29) is 12.1 Å². The molecule has 0 fully saturated rings. The number of hydrogen-bond acceptors (Lipinski definition) is 1. The van der Waals surface area contributed by atoms with Crippen molar-refractivity contribution < 1.29 is 18.0 Å². The van der Waals surface area contributed by atoms with Crippen molar-refractivity contribution in [2.45, 2.75) is 32.5 Å². The molecule has 0 bridgehead atoms. The summed E-state index contributed by atoms with van der Waals surface area (Å²) < 4.78 is 42.5. The molecule has 0 saturated heterocycles. The lowest BCUT2D eigenvalue weighted by atomic mass is 10.0. The lowest BCUT2D eigenvalue weighted by Crippen LogP contribution is -2.12. The molecule has 0 aliphatic rings. The molecule has 0 atom stereocenters. The summed E-state index contributed by atoms with van der Waals surface area (Å²) in [6.45, 7) is 2.08. The van der Waals surface area contributed by atoms with Crippen LogP contribution in [0.5, 0.6) is 0 Å². The van der Waals surface area contributed by atoms with E-state index in [0.29, 0.717) is 21.9 Å². The van der Waals surface area contributed by atoms with Gasteiger partial charge < -0.3 is 10.3 Å². The Morgan fingerprint density at radius 2 is 1.87 bits per heavy atom. The Balaban J connectivity index is 2.02. The summed E-state index contributed by atoms with van der Waals surface area (Å²) in [5, 5.41) is 1.30. The lowest BCUT2D eigenvalue weighted by Gasteiger charge is -2.15. The first-order valence-electron chi connectivity index (χ1n) is 9.71. The van der Waals surface area contributed by atoms with Gasteiger partial charge in [0.05, 0.1) is 16.6 Å². The zero-order valence-corrected chi connectivity index (χ0v) is 16.4. The van der Waals surface area contributed by atoms with Gasteiger partial charge in [-0.05, 0) is 47.9 Å². The summed E-state index contributed by atoms with van der Waals surface area (Å²) in [5.41, 5.74) is 7.84. The number of aromatic nitrogens is 1. The third-order valence-corrected chi connectivity index (χ3v) is 5.31. The van der Waals surface area contributed by atoms with E-state index < -0.39 is 17.6 Å². The monoisotopic (exact) mass is 409 g/mol. The maximum Gasteiger partial charge on any atom is 0.416 e. The highest BCUT2D eigenvalue weighted by atomic mass is 19.4. The second-order valence-corrected chi connectivity index (χ2v) is 7.32. The summed E-state index contributed by atoms with van der Waals surface area (Å²) in [4.78, 5) is 12.0. The molecule has 2 N–H and O–H groups in total. The zero-order chi connectivity index (χ0) is 21.5. The minimum atomic E-state index is -4.45. The number of aryl methyl sites for hydroxylation is 1. The van der Waals surface area contributed by atoms with Gasteiger partial charge in [-0.3, -0.25) is 4.79 Å². The van der Waals surface area contributed by atoms with Crippen LogP contribution >= 0.6 is 0 Å². The number of rotatable bonds is 5. The fourth-order valence-electron chi connectivity index (χ4n) is 4.01. The number of carbonyl (C=O) groups excluding carboxylic acids is 1. The Labute approximate surface area is 171 Å². The number of alkyl halides is 3. The van der Waals surface area contributed by atoms with Crippen molar-refractivity contribution >= 4 is 27.7 Å². The molecule has 0 unspecified atom stereocenters. The van der Waals surface area contributed by atoms with Crippen LogP contribution in [0, 0.1) is 6.07 Å². The van der Waals surface area contributed by atoms with E-state index >= 15 is 0 Å². The minimum Gasteiger partial charge on any atom is -0.366 e. The molecule has 1 radical (unpaired) electrons. The summed E-state index contributed by atoms with van der Waals surface area (Å²) in [7, 11) is 0. The van der Waals surface area contributed by atoms with E-state index in [9.17, 15) is 18.0 Å². The third-order valence-electron chi connectivity index (χ3n) is 5.31. The molecule has 0 aliphatic heterocycles. The quantitative estimate of drug-likeness (QED) is 0.451. The predicted octanol–water partition coefficient (Wildman–Crippen LogP) is 5.71. The predicted molar refractivity (Wildman–Crippen MR) is 111 cm³/mol. The van der Waals surface area contributed by atoms with Gasteiger partial charge in [-0.2, -0.15) is 13.2 Å². The molecule has 1 amide bonds. The van der Waals surface area contributed by atoms with Crippen molar-refractivity contribution in [3.05, 3.63) is 82.9 Å². The van der Waals surface area contributed by atoms with E-state index in [4.69, 9.17) is 5.73 Å². The molecule has 3 nitrogen and oxygen atoms in total. The number of halogens is 3.